The van der Waals surface area contributed by atoms with Crippen molar-refractivity contribution in [3.05, 3.63) is 58.8 Å². The van der Waals surface area contributed by atoms with Crippen LogP contribution in [0.2, 0.25) is 0 Å². The molecule has 1 aromatic heterocycles. The molecule has 8 rings (SSSR count). The van der Waals surface area contributed by atoms with Gasteiger partial charge in [0.2, 0.25) is 0 Å². The average Bonchev–Trinajstić information content (AvgIpc) is 3.56. The number of para-hydroxylation sites is 1. The Hall–Kier alpha value is -2.59. The van der Waals surface area contributed by atoms with E-state index in [1.165, 1.54) is 52.7 Å². The number of ether oxygens (including phenoxy) is 2. The third kappa shape index (κ3) is 3.50. The van der Waals surface area contributed by atoms with E-state index in [-0.39, 0.29) is 16.8 Å². The third-order valence-corrected chi connectivity index (χ3v) is 10.3. The van der Waals surface area contributed by atoms with E-state index < -0.39 is 15.7 Å². The number of likely N-dealkylation sites (tertiary alicyclic amines) is 1. The van der Waals surface area contributed by atoms with Gasteiger partial charge in [-0.3, -0.25) is 0 Å². The van der Waals surface area contributed by atoms with Gasteiger partial charge in [-0.2, -0.15) is 0 Å². The molecule has 1 spiro atoms. The van der Waals surface area contributed by atoms with Gasteiger partial charge in [0.1, 0.15) is 11.6 Å². The summed E-state index contributed by atoms with van der Waals surface area (Å²) < 4.78 is 41.5. The van der Waals surface area contributed by atoms with E-state index in [2.05, 4.69) is 49.2 Å². The highest BCUT2D eigenvalue weighted by Gasteiger charge is 2.80. The van der Waals surface area contributed by atoms with Gasteiger partial charge < -0.3 is 29.0 Å². The fourth-order valence-corrected chi connectivity index (χ4v) is 8.84. The van der Waals surface area contributed by atoms with Gasteiger partial charge in [-0.1, -0.05) is 31.2 Å². The molecule has 214 valence electrons. The first-order chi connectivity index (χ1) is 19.0. The lowest BCUT2D eigenvalue weighted by molar-refractivity contribution is -0.944. The van der Waals surface area contributed by atoms with Gasteiger partial charge in [0, 0.05) is 54.5 Å². The maximum atomic E-state index is 11.1. The van der Waals surface area contributed by atoms with Crippen molar-refractivity contribution in [2.45, 2.75) is 75.0 Å². The van der Waals surface area contributed by atoms with Crippen LogP contribution >= 0.6 is 0 Å². The largest absolute Gasteiger partial charge is 0.748 e. The lowest BCUT2D eigenvalue weighted by atomic mass is 9.45. The first kappa shape index (κ1) is 26.3. The van der Waals surface area contributed by atoms with Crippen molar-refractivity contribution in [1.82, 2.24) is 4.98 Å². The van der Waals surface area contributed by atoms with Gasteiger partial charge in [-0.25, -0.2) is 8.42 Å². The van der Waals surface area contributed by atoms with Gasteiger partial charge >= 0.3 is 0 Å². The highest BCUT2D eigenvalue weighted by atomic mass is 32.2. The van der Waals surface area contributed by atoms with E-state index in [1.807, 2.05) is 6.07 Å². The molecule has 0 radical (unpaired) electrons. The summed E-state index contributed by atoms with van der Waals surface area (Å²) in [5, 5.41) is 12.4. The SMILES string of the molecule is CCCO[C@@]12Cc3c([nH]c4ccccc34)[C@]3(C)Oc4c(O)ccc5c4[C@@]31CC[NH+](CC1CC1)[C@@H]2C5.CS(=O)(=O)[O-]. The fourth-order valence-electron chi connectivity index (χ4n) is 8.84. The highest BCUT2D eigenvalue weighted by molar-refractivity contribution is 7.84. The molecule has 2 bridgehead atoms. The fraction of sp³-hybridized carbons (Fsp3) is 0.548. The van der Waals surface area contributed by atoms with Crippen LogP contribution in [0.25, 0.3) is 10.9 Å². The number of benzene rings is 2. The van der Waals surface area contributed by atoms with Crippen molar-refractivity contribution < 1.29 is 32.5 Å². The first-order valence-corrected chi connectivity index (χ1v) is 16.4. The van der Waals surface area contributed by atoms with E-state index in [4.69, 9.17) is 22.4 Å². The van der Waals surface area contributed by atoms with Crippen LogP contribution < -0.4 is 9.64 Å². The molecule has 8 nitrogen and oxygen atoms in total. The van der Waals surface area contributed by atoms with Crippen LogP contribution in [-0.4, -0.2) is 60.7 Å². The number of rotatable bonds is 5. The van der Waals surface area contributed by atoms with Crippen molar-refractivity contribution in [3.8, 4) is 11.5 Å². The maximum absolute atomic E-state index is 11.1. The number of quaternary nitrogens is 1. The van der Waals surface area contributed by atoms with E-state index in [1.54, 1.807) is 4.90 Å². The van der Waals surface area contributed by atoms with Crippen molar-refractivity contribution in [2.24, 2.45) is 5.92 Å². The van der Waals surface area contributed by atoms with Gasteiger partial charge in [0.15, 0.2) is 17.1 Å². The number of piperidine rings is 1. The molecule has 0 amide bonds. The number of fused-ring (bicyclic) bond motifs is 4. The second-order valence-corrected chi connectivity index (χ2v) is 14.1. The Morgan fingerprint density at radius 2 is 1.98 bits per heavy atom. The van der Waals surface area contributed by atoms with Crippen LogP contribution in [0.5, 0.6) is 11.5 Å². The lowest BCUT2D eigenvalue weighted by Crippen LogP contribution is -3.22. The zero-order valence-electron chi connectivity index (χ0n) is 23.4. The number of aromatic amines is 1. The predicted molar refractivity (Wildman–Crippen MR) is 150 cm³/mol. The molecule has 5 atom stereocenters. The normalized spacial score (nSPS) is 33.0. The molecule has 2 aromatic carbocycles. The topological polar surface area (TPSA) is 116 Å². The van der Waals surface area contributed by atoms with E-state index in [0.29, 0.717) is 18.0 Å². The lowest BCUT2D eigenvalue weighted by Gasteiger charge is -2.65. The zero-order chi connectivity index (χ0) is 28.1. The minimum atomic E-state index is -3.92. The van der Waals surface area contributed by atoms with Crippen LogP contribution in [-0.2, 0) is 38.7 Å². The molecule has 3 aromatic rings. The number of hydrogen-bond donors (Lipinski definition) is 3. The number of nitrogens with one attached hydrogen (secondary N) is 2. The Bertz CT molecular complexity index is 1610. The smallest absolute Gasteiger partial charge is 0.166 e. The molecule has 40 heavy (non-hydrogen) atoms. The standard InChI is InChI=1S/C30H34N2O3.CH4O3S/c1-3-14-34-30-16-21-20-6-4-5-7-22(20)31-27(21)28(2)29(30)12-13-32(17-18-8-9-18)24(30)15-19-10-11-23(33)26(35-28)25(19)29;1-5(2,3)4/h4-7,10-11,18,24,31,33H,3,8-9,12-17H2,1-2H3;1H3,(H,2,3,4)/t24-,28+,29+,30-;/m1./s1. The Balaban J connectivity index is 0.000000490. The predicted octanol–water partition coefficient (Wildman–Crippen LogP) is 2.93. The number of aromatic nitrogens is 1. The summed E-state index contributed by atoms with van der Waals surface area (Å²) in [7, 11) is -3.92. The summed E-state index contributed by atoms with van der Waals surface area (Å²) >= 11 is 0. The van der Waals surface area contributed by atoms with Crippen LogP contribution in [0.3, 0.4) is 0 Å². The summed E-state index contributed by atoms with van der Waals surface area (Å²) in [5.41, 5.74) is 5.00. The van der Waals surface area contributed by atoms with Crippen LogP contribution in [0, 0.1) is 5.92 Å². The monoisotopic (exact) mass is 566 g/mol. The molecule has 2 fully saturated rings. The number of aromatic hydroxyl groups is 1. The minimum absolute atomic E-state index is 0.266. The Morgan fingerprint density at radius 3 is 2.70 bits per heavy atom. The maximum Gasteiger partial charge on any atom is 0.166 e. The molecule has 1 saturated carbocycles. The summed E-state index contributed by atoms with van der Waals surface area (Å²) in [5.74, 6) is 1.84. The Kier molecular flexibility index (Phi) is 5.73. The third-order valence-electron chi connectivity index (χ3n) is 10.3. The summed E-state index contributed by atoms with van der Waals surface area (Å²) in [6, 6.07) is 13.1. The second kappa shape index (κ2) is 8.71. The Morgan fingerprint density at radius 1 is 1.23 bits per heavy atom. The van der Waals surface area contributed by atoms with Crippen LogP contribution in [0.4, 0.5) is 0 Å². The average molecular weight is 567 g/mol. The van der Waals surface area contributed by atoms with Gasteiger partial charge in [0.25, 0.3) is 0 Å². The molecule has 3 heterocycles. The van der Waals surface area contributed by atoms with Gasteiger partial charge in [-0.15, -0.1) is 0 Å². The summed E-state index contributed by atoms with van der Waals surface area (Å²) in [4.78, 5) is 5.53. The second-order valence-electron chi connectivity index (χ2n) is 12.7. The number of phenols is 1. The summed E-state index contributed by atoms with van der Waals surface area (Å²) in [6.07, 6.45) is 7.28. The van der Waals surface area contributed by atoms with Gasteiger partial charge in [0.05, 0.1) is 34.3 Å². The van der Waals surface area contributed by atoms with Crippen molar-refractivity contribution >= 4 is 21.0 Å². The molecule has 1 unspecified atom stereocenters. The van der Waals surface area contributed by atoms with Crippen LogP contribution in [0.1, 0.15) is 61.9 Å². The molecular formula is C31H38N2O6S. The van der Waals surface area contributed by atoms with E-state index in [0.717, 1.165) is 44.8 Å². The van der Waals surface area contributed by atoms with Crippen LogP contribution in [0.15, 0.2) is 36.4 Å². The molecule has 2 aliphatic heterocycles. The van der Waals surface area contributed by atoms with E-state index in [9.17, 15) is 5.11 Å². The molecule has 9 heteroatoms. The quantitative estimate of drug-likeness (QED) is 0.409. The molecule has 3 aliphatic carbocycles. The zero-order valence-corrected chi connectivity index (χ0v) is 24.2. The molecule has 3 N–H and O–H groups in total. The number of phenolic OH excluding ortho intramolecular Hbond substituents is 1. The summed E-state index contributed by atoms with van der Waals surface area (Å²) in [6.45, 7) is 7.66. The minimum Gasteiger partial charge on any atom is -0.748 e. The van der Waals surface area contributed by atoms with Crippen molar-refractivity contribution in [2.75, 3.05) is 26.0 Å². The first-order valence-electron chi connectivity index (χ1n) is 14.6. The van der Waals surface area contributed by atoms with Gasteiger partial charge in [-0.05, 0) is 49.4 Å². The molecule has 1 saturated heterocycles. The number of H-pyrrole nitrogens is 1. The Labute approximate surface area is 235 Å². The van der Waals surface area contributed by atoms with E-state index >= 15 is 0 Å². The highest BCUT2D eigenvalue weighted by Crippen LogP contribution is 2.70. The number of hydrogen-bond acceptors (Lipinski definition) is 6. The van der Waals surface area contributed by atoms with Crippen molar-refractivity contribution in [3.63, 3.8) is 0 Å². The molecular weight excluding hydrogens is 528 g/mol. The van der Waals surface area contributed by atoms with Crippen molar-refractivity contribution in [1.29, 1.82) is 0 Å². The molecule has 5 aliphatic rings.